The molecule has 5 nitrogen and oxygen atoms in total. The highest BCUT2D eigenvalue weighted by Crippen LogP contribution is 2.25. The Bertz CT molecular complexity index is 1090. The molecule has 6 heteroatoms. The van der Waals surface area contributed by atoms with Gasteiger partial charge >= 0.3 is 5.91 Å². The Morgan fingerprint density at radius 2 is 1.67 bits per heavy atom. The number of hydrazone groups is 1. The molecule has 0 spiro atoms. The molecule has 1 fully saturated rings. The maximum atomic E-state index is 12.8. The molecule has 150 valence electrons. The van der Waals surface area contributed by atoms with E-state index < -0.39 is 12.1 Å². The SMILES string of the molecule is Cc1ccc(/C=[N+]2\NC(=O)[C@H](NC(=O)c3ccc(Cl)cc3)[C@@H]2c2ccccc2)cc1. The number of hydrazine groups is 1. The third-order valence-electron chi connectivity index (χ3n) is 5.04. The van der Waals surface area contributed by atoms with Gasteiger partial charge in [0, 0.05) is 21.7 Å². The first-order chi connectivity index (χ1) is 14.5. The summed E-state index contributed by atoms with van der Waals surface area (Å²) in [6.45, 7) is 2.02. The molecule has 3 aromatic rings. The number of amides is 2. The van der Waals surface area contributed by atoms with Crippen molar-refractivity contribution >= 4 is 29.6 Å². The minimum atomic E-state index is -0.753. The van der Waals surface area contributed by atoms with Gasteiger partial charge in [-0.1, -0.05) is 59.6 Å². The van der Waals surface area contributed by atoms with Crippen molar-refractivity contribution in [2.24, 2.45) is 0 Å². The second kappa shape index (κ2) is 8.51. The molecule has 1 heterocycles. The standard InChI is InChI=1S/C24H20ClN3O2/c1-16-7-9-17(10-8-16)15-28-22(18-5-3-2-4-6-18)21(24(30)27-28)26-23(29)19-11-13-20(25)14-12-19/h2-15,21-22H,1H3,(H-,26,27,29,30)/p+1/b28-15-/t21-,22+/m1/s1. The number of benzene rings is 3. The van der Waals surface area contributed by atoms with Crippen molar-refractivity contribution in [1.82, 2.24) is 10.7 Å². The summed E-state index contributed by atoms with van der Waals surface area (Å²) in [5, 5.41) is 3.43. The lowest BCUT2D eigenvalue weighted by atomic mass is 10.00. The highest BCUT2D eigenvalue weighted by Gasteiger charge is 2.47. The molecule has 4 rings (SSSR count). The van der Waals surface area contributed by atoms with E-state index in [-0.39, 0.29) is 11.8 Å². The van der Waals surface area contributed by atoms with Crippen molar-refractivity contribution in [3.8, 4) is 0 Å². The van der Waals surface area contributed by atoms with Crippen LogP contribution in [0.4, 0.5) is 0 Å². The van der Waals surface area contributed by atoms with Gasteiger partial charge in [-0.25, -0.2) is 0 Å². The van der Waals surface area contributed by atoms with Crippen LogP contribution in [0.2, 0.25) is 5.02 Å². The van der Waals surface area contributed by atoms with E-state index in [1.54, 1.807) is 28.9 Å². The molecule has 2 atom stereocenters. The molecule has 3 aromatic carbocycles. The van der Waals surface area contributed by atoms with Gasteiger partial charge in [0.2, 0.25) is 12.3 Å². The molecule has 2 amide bonds. The minimum absolute atomic E-state index is 0.269. The summed E-state index contributed by atoms with van der Waals surface area (Å²) in [7, 11) is 0. The maximum Gasteiger partial charge on any atom is 0.304 e. The average Bonchev–Trinajstić information content (AvgIpc) is 3.05. The highest BCUT2D eigenvalue weighted by atomic mass is 35.5. The first-order valence-corrected chi connectivity index (χ1v) is 10.0. The summed E-state index contributed by atoms with van der Waals surface area (Å²) >= 11 is 5.91. The Hall–Kier alpha value is -3.44. The lowest BCUT2D eigenvalue weighted by Crippen LogP contribution is -2.42. The van der Waals surface area contributed by atoms with Crippen molar-refractivity contribution in [3.63, 3.8) is 0 Å². The maximum absolute atomic E-state index is 12.8. The Labute approximate surface area is 180 Å². The second-order valence-electron chi connectivity index (χ2n) is 7.24. The lowest BCUT2D eigenvalue weighted by Gasteiger charge is -2.14. The van der Waals surface area contributed by atoms with E-state index in [1.165, 1.54) is 0 Å². The number of halogens is 1. The van der Waals surface area contributed by atoms with Crippen LogP contribution in [-0.4, -0.2) is 28.8 Å². The molecule has 1 aliphatic heterocycles. The van der Waals surface area contributed by atoms with Gasteiger partial charge in [0.1, 0.15) is 0 Å². The third-order valence-corrected chi connectivity index (χ3v) is 5.29. The van der Waals surface area contributed by atoms with Crippen LogP contribution in [0.5, 0.6) is 0 Å². The fourth-order valence-electron chi connectivity index (χ4n) is 3.47. The number of nitrogens with one attached hydrogen (secondary N) is 2. The second-order valence-corrected chi connectivity index (χ2v) is 7.67. The van der Waals surface area contributed by atoms with Crippen LogP contribution < -0.4 is 10.7 Å². The van der Waals surface area contributed by atoms with E-state index in [0.717, 1.165) is 16.7 Å². The molecule has 1 saturated heterocycles. The Morgan fingerprint density at radius 1 is 1.00 bits per heavy atom. The normalized spacial score (nSPS) is 19.5. The number of hydrogen-bond donors (Lipinski definition) is 2. The van der Waals surface area contributed by atoms with Crippen LogP contribution in [0.15, 0.2) is 78.9 Å². The number of rotatable bonds is 4. The Balaban J connectivity index is 1.68. The van der Waals surface area contributed by atoms with E-state index in [4.69, 9.17) is 11.6 Å². The molecule has 30 heavy (non-hydrogen) atoms. The smallest absolute Gasteiger partial charge is 0.304 e. The van der Waals surface area contributed by atoms with E-state index in [9.17, 15) is 9.59 Å². The summed E-state index contributed by atoms with van der Waals surface area (Å²) in [4.78, 5) is 25.6. The highest BCUT2D eigenvalue weighted by molar-refractivity contribution is 6.30. The third kappa shape index (κ3) is 4.26. The Kier molecular flexibility index (Phi) is 5.63. The van der Waals surface area contributed by atoms with Gasteiger partial charge in [0.15, 0.2) is 6.04 Å². The van der Waals surface area contributed by atoms with Crippen LogP contribution in [-0.2, 0) is 4.79 Å². The van der Waals surface area contributed by atoms with Gasteiger partial charge in [0.25, 0.3) is 5.91 Å². The van der Waals surface area contributed by atoms with Gasteiger partial charge in [-0.2, -0.15) is 0 Å². The molecule has 0 unspecified atom stereocenters. The van der Waals surface area contributed by atoms with Crippen molar-refractivity contribution in [2.45, 2.75) is 19.0 Å². The molecule has 2 N–H and O–H groups in total. The molecule has 0 bridgehead atoms. The zero-order valence-electron chi connectivity index (χ0n) is 16.4. The topological polar surface area (TPSA) is 61.2 Å². The molecule has 1 aliphatic rings. The van der Waals surface area contributed by atoms with Crippen molar-refractivity contribution in [3.05, 3.63) is 106 Å². The minimum Gasteiger partial charge on any atom is -0.334 e. The zero-order chi connectivity index (χ0) is 21.1. The van der Waals surface area contributed by atoms with Gasteiger partial charge in [-0.05, 0) is 43.3 Å². The van der Waals surface area contributed by atoms with E-state index in [0.29, 0.717) is 10.6 Å². The molecule has 0 aromatic heterocycles. The average molecular weight is 419 g/mol. The fraction of sp³-hybridized carbons (Fsp3) is 0.125. The van der Waals surface area contributed by atoms with Gasteiger partial charge in [0.05, 0.1) is 0 Å². The van der Waals surface area contributed by atoms with Gasteiger partial charge < -0.3 is 5.32 Å². The summed E-state index contributed by atoms with van der Waals surface area (Å²) in [6.07, 6.45) is 1.88. The first kappa shape index (κ1) is 19.9. The zero-order valence-corrected chi connectivity index (χ0v) is 17.1. The van der Waals surface area contributed by atoms with Crippen LogP contribution in [0.25, 0.3) is 0 Å². The van der Waals surface area contributed by atoms with E-state index >= 15 is 0 Å². The largest absolute Gasteiger partial charge is 0.334 e. The molecular formula is C24H21ClN3O2+. The molecular weight excluding hydrogens is 398 g/mol. The summed E-state index contributed by atoms with van der Waals surface area (Å²) < 4.78 is 1.76. The number of carbonyl (C=O) groups is 2. The summed E-state index contributed by atoms with van der Waals surface area (Å²) in [5.41, 5.74) is 6.35. The lowest BCUT2D eigenvalue weighted by molar-refractivity contribution is -0.596. The van der Waals surface area contributed by atoms with E-state index in [1.807, 2.05) is 67.7 Å². The first-order valence-electron chi connectivity index (χ1n) is 9.63. The number of nitrogens with zero attached hydrogens (tertiary/aromatic N) is 1. The number of aryl methyl sites for hydroxylation is 1. The summed E-state index contributed by atoms with van der Waals surface area (Å²) in [5.74, 6) is -0.598. The summed E-state index contributed by atoms with van der Waals surface area (Å²) in [6, 6.07) is 23.1. The monoisotopic (exact) mass is 418 g/mol. The Morgan fingerprint density at radius 3 is 2.33 bits per heavy atom. The van der Waals surface area contributed by atoms with E-state index in [2.05, 4.69) is 10.7 Å². The van der Waals surface area contributed by atoms with Crippen molar-refractivity contribution in [1.29, 1.82) is 0 Å². The predicted octanol–water partition coefficient (Wildman–Crippen LogP) is 3.66. The number of hydrogen-bond acceptors (Lipinski definition) is 2. The van der Waals surface area contributed by atoms with Crippen molar-refractivity contribution in [2.75, 3.05) is 0 Å². The molecule has 0 aliphatic carbocycles. The van der Waals surface area contributed by atoms with Crippen LogP contribution >= 0.6 is 11.6 Å². The van der Waals surface area contributed by atoms with Gasteiger partial charge in [-0.3, -0.25) is 9.59 Å². The fourth-order valence-corrected chi connectivity index (χ4v) is 3.60. The van der Waals surface area contributed by atoms with Crippen molar-refractivity contribution < 1.29 is 14.3 Å². The van der Waals surface area contributed by atoms with Crippen LogP contribution in [0.1, 0.15) is 33.1 Å². The predicted molar refractivity (Wildman–Crippen MR) is 117 cm³/mol. The van der Waals surface area contributed by atoms with Crippen LogP contribution in [0, 0.1) is 6.92 Å². The van der Waals surface area contributed by atoms with Crippen LogP contribution in [0.3, 0.4) is 0 Å². The molecule has 0 saturated carbocycles. The molecule has 0 radical (unpaired) electrons. The number of carbonyl (C=O) groups excluding carboxylic acids is 2. The quantitative estimate of drug-likeness (QED) is 0.635. The van der Waals surface area contributed by atoms with Gasteiger partial charge in [-0.15, -0.1) is 10.1 Å².